The SMILES string of the molecule is CC(C)CCC(C)N1CCC(NC(C)C)C1=O. The van der Waals surface area contributed by atoms with Crippen LogP contribution < -0.4 is 5.32 Å². The number of hydrogen-bond acceptors (Lipinski definition) is 2. The Labute approximate surface area is 106 Å². The van der Waals surface area contributed by atoms with Gasteiger partial charge in [0.05, 0.1) is 6.04 Å². The molecule has 1 saturated heterocycles. The summed E-state index contributed by atoms with van der Waals surface area (Å²) in [5, 5.41) is 3.35. The predicted octanol–water partition coefficient (Wildman–Crippen LogP) is 2.41. The van der Waals surface area contributed by atoms with E-state index in [1.165, 1.54) is 6.42 Å². The predicted molar refractivity (Wildman–Crippen MR) is 71.9 cm³/mol. The van der Waals surface area contributed by atoms with Crippen molar-refractivity contribution in [2.45, 2.75) is 72.0 Å². The molecule has 2 atom stereocenters. The lowest BCUT2D eigenvalue weighted by Crippen LogP contribution is -2.44. The molecule has 100 valence electrons. The van der Waals surface area contributed by atoms with E-state index in [1.807, 2.05) is 0 Å². The molecule has 0 spiro atoms. The van der Waals surface area contributed by atoms with Gasteiger partial charge in [-0.25, -0.2) is 0 Å². The highest BCUT2D eigenvalue weighted by atomic mass is 16.2. The quantitative estimate of drug-likeness (QED) is 0.773. The van der Waals surface area contributed by atoms with Gasteiger partial charge in [0, 0.05) is 18.6 Å². The number of likely N-dealkylation sites (tertiary alicyclic amines) is 1. The minimum atomic E-state index is 0.0523. The van der Waals surface area contributed by atoms with Gasteiger partial charge in [0.25, 0.3) is 0 Å². The lowest BCUT2D eigenvalue weighted by Gasteiger charge is -2.26. The van der Waals surface area contributed by atoms with Crippen molar-refractivity contribution < 1.29 is 4.79 Å². The summed E-state index contributed by atoms with van der Waals surface area (Å²) in [5.74, 6) is 1.02. The molecular weight excluding hydrogens is 212 g/mol. The third kappa shape index (κ3) is 4.30. The van der Waals surface area contributed by atoms with Gasteiger partial charge in [0.2, 0.25) is 5.91 Å². The van der Waals surface area contributed by atoms with E-state index in [9.17, 15) is 4.79 Å². The van der Waals surface area contributed by atoms with E-state index in [2.05, 4.69) is 44.8 Å². The summed E-state index contributed by atoms with van der Waals surface area (Å²) in [6.45, 7) is 11.8. The molecule has 0 radical (unpaired) electrons. The normalized spacial score (nSPS) is 22.9. The molecule has 1 heterocycles. The van der Waals surface area contributed by atoms with Crippen molar-refractivity contribution in [1.29, 1.82) is 0 Å². The molecule has 0 aromatic rings. The molecule has 2 unspecified atom stereocenters. The molecule has 17 heavy (non-hydrogen) atoms. The fraction of sp³-hybridized carbons (Fsp3) is 0.929. The Hall–Kier alpha value is -0.570. The van der Waals surface area contributed by atoms with Crippen molar-refractivity contribution in [3.05, 3.63) is 0 Å². The van der Waals surface area contributed by atoms with E-state index in [0.29, 0.717) is 18.0 Å². The van der Waals surface area contributed by atoms with E-state index in [1.54, 1.807) is 0 Å². The van der Waals surface area contributed by atoms with Gasteiger partial charge in [-0.3, -0.25) is 4.79 Å². The second-order valence-corrected chi connectivity index (χ2v) is 6.01. The molecular formula is C14H28N2O. The maximum absolute atomic E-state index is 12.2. The van der Waals surface area contributed by atoms with Crippen LogP contribution in [-0.2, 0) is 4.79 Å². The summed E-state index contributed by atoms with van der Waals surface area (Å²) in [4.78, 5) is 14.2. The Morgan fingerprint density at radius 1 is 1.24 bits per heavy atom. The van der Waals surface area contributed by atoms with Crippen LogP contribution in [0.25, 0.3) is 0 Å². The first-order valence-electron chi connectivity index (χ1n) is 6.98. The highest BCUT2D eigenvalue weighted by Gasteiger charge is 2.34. The lowest BCUT2D eigenvalue weighted by atomic mass is 10.0. The van der Waals surface area contributed by atoms with Crippen LogP contribution in [0.15, 0.2) is 0 Å². The molecule has 1 fully saturated rings. The van der Waals surface area contributed by atoms with Crippen molar-refractivity contribution in [3.63, 3.8) is 0 Å². The van der Waals surface area contributed by atoms with Gasteiger partial charge in [0.15, 0.2) is 0 Å². The summed E-state index contributed by atoms with van der Waals surface area (Å²) >= 11 is 0. The second kappa shape index (κ2) is 6.39. The van der Waals surface area contributed by atoms with Crippen LogP contribution in [0.3, 0.4) is 0 Å². The number of nitrogens with zero attached hydrogens (tertiary/aromatic N) is 1. The van der Waals surface area contributed by atoms with Crippen molar-refractivity contribution in [1.82, 2.24) is 10.2 Å². The minimum Gasteiger partial charge on any atom is -0.339 e. The first-order chi connectivity index (χ1) is 7.91. The van der Waals surface area contributed by atoms with Gasteiger partial charge in [-0.15, -0.1) is 0 Å². The van der Waals surface area contributed by atoms with Crippen LogP contribution in [0, 0.1) is 5.92 Å². The van der Waals surface area contributed by atoms with E-state index >= 15 is 0 Å². The van der Waals surface area contributed by atoms with Crippen molar-refractivity contribution in [3.8, 4) is 0 Å². The van der Waals surface area contributed by atoms with Gasteiger partial charge < -0.3 is 10.2 Å². The molecule has 0 aromatic heterocycles. The molecule has 3 nitrogen and oxygen atoms in total. The molecule has 1 amide bonds. The summed E-state index contributed by atoms with van der Waals surface area (Å²) < 4.78 is 0. The van der Waals surface area contributed by atoms with E-state index in [4.69, 9.17) is 0 Å². The second-order valence-electron chi connectivity index (χ2n) is 6.01. The molecule has 1 aliphatic rings. The van der Waals surface area contributed by atoms with E-state index < -0.39 is 0 Å². The van der Waals surface area contributed by atoms with Crippen LogP contribution >= 0.6 is 0 Å². The Balaban J connectivity index is 2.43. The molecule has 1 N–H and O–H groups in total. The molecule has 0 bridgehead atoms. The molecule has 0 aliphatic carbocycles. The number of nitrogens with one attached hydrogen (secondary N) is 1. The standard InChI is InChI=1S/C14H28N2O/c1-10(2)6-7-12(5)16-9-8-13(14(16)17)15-11(3)4/h10-13,15H,6-9H2,1-5H3. The highest BCUT2D eigenvalue weighted by molar-refractivity contribution is 5.84. The number of carbonyl (C=O) groups excluding carboxylic acids is 1. The summed E-state index contributed by atoms with van der Waals surface area (Å²) in [7, 11) is 0. The fourth-order valence-electron chi connectivity index (χ4n) is 2.43. The zero-order valence-corrected chi connectivity index (χ0v) is 12.0. The molecule has 3 heteroatoms. The molecule has 0 saturated carbocycles. The summed E-state index contributed by atoms with van der Waals surface area (Å²) in [6.07, 6.45) is 3.29. The molecule has 1 rings (SSSR count). The van der Waals surface area contributed by atoms with Crippen LogP contribution in [0.1, 0.15) is 53.9 Å². The number of hydrogen-bond donors (Lipinski definition) is 1. The average molecular weight is 240 g/mol. The van der Waals surface area contributed by atoms with Crippen LogP contribution in [0.2, 0.25) is 0 Å². The van der Waals surface area contributed by atoms with Gasteiger partial charge in [-0.2, -0.15) is 0 Å². The lowest BCUT2D eigenvalue weighted by molar-refractivity contribution is -0.131. The summed E-state index contributed by atoms with van der Waals surface area (Å²) in [6, 6.07) is 0.829. The Morgan fingerprint density at radius 2 is 1.88 bits per heavy atom. The van der Waals surface area contributed by atoms with Gasteiger partial charge in [-0.05, 0) is 32.1 Å². The zero-order chi connectivity index (χ0) is 13.0. The number of rotatable bonds is 6. The molecule has 1 aliphatic heterocycles. The maximum atomic E-state index is 12.2. The van der Waals surface area contributed by atoms with E-state index in [-0.39, 0.29) is 6.04 Å². The number of amides is 1. The summed E-state index contributed by atoms with van der Waals surface area (Å²) in [5.41, 5.74) is 0. The first kappa shape index (κ1) is 14.5. The van der Waals surface area contributed by atoms with Crippen molar-refractivity contribution in [2.24, 2.45) is 5.92 Å². The monoisotopic (exact) mass is 240 g/mol. The largest absolute Gasteiger partial charge is 0.339 e. The van der Waals surface area contributed by atoms with Gasteiger partial charge in [-0.1, -0.05) is 27.7 Å². The first-order valence-corrected chi connectivity index (χ1v) is 6.98. The number of carbonyl (C=O) groups is 1. The Morgan fingerprint density at radius 3 is 2.41 bits per heavy atom. The average Bonchev–Trinajstić information content (AvgIpc) is 2.56. The van der Waals surface area contributed by atoms with Crippen molar-refractivity contribution in [2.75, 3.05) is 6.54 Å². The minimum absolute atomic E-state index is 0.0523. The third-order valence-corrected chi connectivity index (χ3v) is 3.47. The van der Waals surface area contributed by atoms with Gasteiger partial charge >= 0.3 is 0 Å². The maximum Gasteiger partial charge on any atom is 0.240 e. The van der Waals surface area contributed by atoms with E-state index in [0.717, 1.165) is 25.3 Å². The smallest absolute Gasteiger partial charge is 0.240 e. The zero-order valence-electron chi connectivity index (χ0n) is 12.0. The highest BCUT2D eigenvalue weighted by Crippen LogP contribution is 2.19. The van der Waals surface area contributed by atoms with Crippen LogP contribution in [0.5, 0.6) is 0 Å². The van der Waals surface area contributed by atoms with Gasteiger partial charge in [0.1, 0.15) is 0 Å². The molecule has 0 aromatic carbocycles. The topological polar surface area (TPSA) is 32.3 Å². The fourth-order valence-corrected chi connectivity index (χ4v) is 2.43. The Kier molecular flexibility index (Phi) is 5.44. The Bertz CT molecular complexity index is 251. The van der Waals surface area contributed by atoms with Crippen LogP contribution in [0.4, 0.5) is 0 Å². The van der Waals surface area contributed by atoms with Crippen molar-refractivity contribution >= 4 is 5.91 Å². The third-order valence-electron chi connectivity index (χ3n) is 3.47. The van der Waals surface area contributed by atoms with Crippen LogP contribution in [-0.4, -0.2) is 35.5 Å².